The molecular formula is C15H22N2OS. The molecule has 1 aromatic rings. The van der Waals surface area contributed by atoms with E-state index in [1.165, 1.54) is 4.90 Å². The highest BCUT2D eigenvalue weighted by Crippen LogP contribution is 2.19. The molecule has 3 nitrogen and oxygen atoms in total. The van der Waals surface area contributed by atoms with Crippen LogP contribution >= 0.6 is 11.8 Å². The highest BCUT2D eigenvalue weighted by Gasteiger charge is 2.22. The molecule has 104 valence electrons. The molecule has 0 bridgehead atoms. The molecular weight excluding hydrogens is 256 g/mol. The van der Waals surface area contributed by atoms with Crippen LogP contribution in [0.4, 0.5) is 0 Å². The van der Waals surface area contributed by atoms with Gasteiger partial charge in [-0.3, -0.25) is 4.79 Å². The Morgan fingerprint density at radius 2 is 2.16 bits per heavy atom. The number of hydrogen-bond donors (Lipinski definition) is 2. The standard InChI is InChI=1S/C15H22N2OS/c1-11(12-5-7-14(19-2)8-6-12)17-15(18)13-4-3-9-16-10-13/h5-8,11,13,16H,3-4,9-10H2,1-2H3,(H,17,18)/t11?,13-/m0/s1. The number of carbonyl (C=O) groups excluding carboxylic acids is 1. The van der Waals surface area contributed by atoms with Crippen LogP contribution in [0.2, 0.25) is 0 Å². The van der Waals surface area contributed by atoms with E-state index in [9.17, 15) is 4.79 Å². The summed E-state index contributed by atoms with van der Waals surface area (Å²) in [6, 6.07) is 8.46. The number of benzene rings is 1. The average molecular weight is 278 g/mol. The number of hydrogen-bond acceptors (Lipinski definition) is 3. The van der Waals surface area contributed by atoms with Gasteiger partial charge in [0.1, 0.15) is 0 Å². The third kappa shape index (κ3) is 3.98. The molecule has 1 unspecified atom stereocenters. The molecule has 2 atom stereocenters. The number of rotatable bonds is 4. The smallest absolute Gasteiger partial charge is 0.224 e. The van der Waals surface area contributed by atoms with Crippen molar-refractivity contribution in [3.63, 3.8) is 0 Å². The van der Waals surface area contributed by atoms with Crippen LogP contribution in [0.5, 0.6) is 0 Å². The Morgan fingerprint density at radius 1 is 1.42 bits per heavy atom. The summed E-state index contributed by atoms with van der Waals surface area (Å²) >= 11 is 1.73. The van der Waals surface area contributed by atoms with Crippen LogP contribution in [0.1, 0.15) is 31.4 Å². The summed E-state index contributed by atoms with van der Waals surface area (Å²) in [7, 11) is 0. The lowest BCUT2D eigenvalue weighted by Crippen LogP contribution is -2.41. The van der Waals surface area contributed by atoms with Gasteiger partial charge in [-0.2, -0.15) is 0 Å². The zero-order chi connectivity index (χ0) is 13.7. The van der Waals surface area contributed by atoms with E-state index >= 15 is 0 Å². The summed E-state index contributed by atoms with van der Waals surface area (Å²) in [5.41, 5.74) is 1.16. The first-order chi connectivity index (χ1) is 9.20. The first-order valence-electron chi connectivity index (χ1n) is 6.85. The van der Waals surface area contributed by atoms with Gasteiger partial charge >= 0.3 is 0 Å². The maximum atomic E-state index is 12.1. The van der Waals surface area contributed by atoms with E-state index in [1.54, 1.807) is 11.8 Å². The van der Waals surface area contributed by atoms with Crippen molar-refractivity contribution in [2.45, 2.75) is 30.7 Å². The van der Waals surface area contributed by atoms with Gasteiger partial charge < -0.3 is 10.6 Å². The Balaban J connectivity index is 1.91. The van der Waals surface area contributed by atoms with Crippen LogP contribution in [0.3, 0.4) is 0 Å². The molecule has 0 aromatic heterocycles. The lowest BCUT2D eigenvalue weighted by Gasteiger charge is -2.24. The predicted octanol–water partition coefficient (Wildman–Crippen LogP) is 2.59. The minimum Gasteiger partial charge on any atom is -0.349 e. The highest BCUT2D eigenvalue weighted by molar-refractivity contribution is 7.98. The fourth-order valence-corrected chi connectivity index (χ4v) is 2.79. The van der Waals surface area contributed by atoms with Crippen LogP contribution in [-0.4, -0.2) is 25.3 Å². The average Bonchev–Trinajstić information content (AvgIpc) is 2.48. The summed E-state index contributed by atoms with van der Waals surface area (Å²) < 4.78 is 0. The summed E-state index contributed by atoms with van der Waals surface area (Å²) in [4.78, 5) is 13.4. The van der Waals surface area contributed by atoms with Gasteiger partial charge in [-0.05, 0) is 50.3 Å². The second-order valence-electron chi connectivity index (χ2n) is 5.05. The van der Waals surface area contributed by atoms with Crippen LogP contribution < -0.4 is 10.6 Å². The summed E-state index contributed by atoms with van der Waals surface area (Å²) in [6.45, 7) is 3.89. The number of carbonyl (C=O) groups is 1. The van der Waals surface area contributed by atoms with Crippen molar-refractivity contribution >= 4 is 17.7 Å². The van der Waals surface area contributed by atoms with Gasteiger partial charge in [0.15, 0.2) is 0 Å². The first-order valence-corrected chi connectivity index (χ1v) is 8.08. The van der Waals surface area contributed by atoms with E-state index in [1.807, 2.05) is 6.92 Å². The number of nitrogens with one attached hydrogen (secondary N) is 2. The molecule has 0 saturated carbocycles. The van der Waals surface area contributed by atoms with Crippen molar-refractivity contribution in [2.75, 3.05) is 19.3 Å². The first kappa shape index (κ1) is 14.4. The molecule has 19 heavy (non-hydrogen) atoms. The molecule has 1 saturated heterocycles. The molecule has 2 rings (SSSR count). The van der Waals surface area contributed by atoms with E-state index < -0.39 is 0 Å². The topological polar surface area (TPSA) is 41.1 Å². The molecule has 1 fully saturated rings. The second-order valence-corrected chi connectivity index (χ2v) is 5.93. The van der Waals surface area contributed by atoms with Crippen molar-refractivity contribution in [3.8, 4) is 0 Å². The Bertz CT molecular complexity index is 413. The number of piperidine rings is 1. The van der Waals surface area contributed by atoms with Gasteiger partial charge in [0, 0.05) is 11.4 Å². The third-order valence-electron chi connectivity index (χ3n) is 3.64. The van der Waals surface area contributed by atoms with Gasteiger partial charge in [-0.25, -0.2) is 0 Å². The second kappa shape index (κ2) is 6.96. The summed E-state index contributed by atoms with van der Waals surface area (Å²) in [5, 5.41) is 6.40. The molecule has 1 heterocycles. The van der Waals surface area contributed by atoms with E-state index in [2.05, 4.69) is 41.2 Å². The van der Waals surface area contributed by atoms with E-state index in [0.717, 1.165) is 31.5 Å². The fourth-order valence-electron chi connectivity index (χ4n) is 2.38. The monoisotopic (exact) mass is 278 g/mol. The molecule has 4 heteroatoms. The maximum Gasteiger partial charge on any atom is 0.224 e. The normalized spacial score (nSPS) is 20.8. The van der Waals surface area contributed by atoms with E-state index in [4.69, 9.17) is 0 Å². The number of thioether (sulfide) groups is 1. The van der Waals surface area contributed by atoms with Crippen molar-refractivity contribution < 1.29 is 4.79 Å². The molecule has 2 N–H and O–H groups in total. The van der Waals surface area contributed by atoms with Crippen molar-refractivity contribution in [1.29, 1.82) is 0 Å². The summed E-state index contributed by atoms with van der Waals surface area (Å²) in [5.74, 6) is 0.301. The molecule has 0 radical (unpaired) electrons. The Kier molecular flexibility index (Phi) is 5.28. The van der Waals surface area contributed by atoms with E-state index in [-0.39, 0.29) is 17.9 Å². The molecule has 1 aliphatic heterocycles. The summed E-state index contributed by atoms with van der Waals surface area (Å²) in [6.07, 6.45) is 4.15. The Labute approximate surface area is 119 Å². The largest absolute Gasteiger partial charge is 0.349 e. The lowest BCUT2D eigenvalue weighted by molar-refractivity contribution is -0.126. The molecule has 1 aromatic carbocycles. The molecule has 1 amide bonds. The van der Waals surface area contributed by atoms with Crippen LogP contribution in [-0.2, 0) is 4.79 Å². The number of amides is 1. The van der Waals surface area contributed by atoms with E-state index in [0.29, 0.717) is 0 Å². The van der Waals surface area contributed by atoms with Gasteiger partial charge in [0.2, 0.25) is 5.91 Å². The predicted molar refractivity (Wildman–Crippen MR) is 80.4 cm³/mol. The van der Waals surface area contributed by atoms with Gasteiger partial charge in [0.25, 0.3) is 0 Å². The minimum absolute atomic E-state index is 0.0744. The SMILES string of the molecule is CSc1ccc(C(C)NC(=O)[C@H]2CCCNC2)cc1. The van der Waals surface area contributed by atoms with Crippen molar-refractivity contribution in [1.82, 2.24) is 10.6 Å². The van der Waals surface area contributed by atoms with Crippen molar-refractivity contribution in [3.05, 3.63) is 29.8 Å². The molecule has 0 spiro atoms. The van der Waals surface area contributed by atoms with Crippen LogP contribution in [0.25, 0.3) is 0 Å². The third-order valence-corrected chi connectivity index (χ3v) is 4.39. The van der Waals surface area contributed by atoms with Gasteiger partial charge in [0.05, 0.1) is 12.0 Å². The quantitative estimate of drug-likeness (QED) is 0.832. The van der Waals surface area contributed by atoms with Crippen LogP contribution in [0.15, 0.2) is 29.2 Å². The lowest BCUT2D eigenvalue weighted by atomic mass is 9.98. The van der Waals surface area contributed by atoms with Crippen LogP contribution in [0, 0.1) is 5.92 Å². The maximum absolute atomic E-state index is 12.1. The van der Waals surface area contributed by atoms with Gasteiger partial charge in [-0.15, -0.1) is 11.8 Å². The zero-order valence-corrected chi connectivity index (χ0v) is 12.4. The van der Waals surface area contributed by atoms with Crippen molar-refractivity contribution in [2.24, 2.45) is 5.92 Å². The minimum atomic E-state index is 0.0744. The molecule has 1 aliphatic rings. The highest BCUT2D eigenvalue weighted by atomic mass is 32.2. The Morgan fingerprint density at radius 3 is 2.74 bits per heavy atom. The van der Waals surface area contributed by atoms with Gasteiger partial charge in [-0.1, -0.05) is 12.1 Å². The Hall–Kier alpha value is -1.00. The zero-order valence-electron chi connectivity index (χ0n) is 11.6. The fraction of sp³-hybridized carbons (Fsp3) is 0.533. The molecule has 0 aliphatic carbocycles.